The summed E-state index contributed by atoms with van der Waals surface area (Å²) in [6.07, 6.45) is 0. The molecule has 1 aromatic carbocycles. The van der Waals surface area contributed by atoms with Gasteiger partial charge >= 0.3 is 0 Å². The van der Waals surface area contributed by atoms with Crippen molar-refractivity contribution in [3.8, 4) is 0 Å². The summed E-state index contributed by atoms with van der Waals surface area (Å²) in [5.41, 5.74) is 5.91. The van der Waals surface area contributed by atoms with E-state index in [1.165, 1.54) is 22.3 Å². The summed E-state index contributed by atoms with van der Waals surface area (Å²) in [6.45, 7) is 8.80. The Morgan fingerprint density at radius 2 is 1.36 bits per heavy atom. The summed E-state index contributed by atoms with van der Waals surface area (Å²) in [5, 5.41) is 0. The van der Waals surface area contributed by atoms with Crippen molar-refractivity contribution in [3.05, 3.63) is 34.4 Å². The van der Waals surface area contributed by atoms with Gasteiger partial charge in [-0.15, -0.1) is 0 Å². The predicted molar refractivity (Wildman–Crippen MR) is 96.7 cm³/mol. The van der Waals surface area contributed by atoms with Gasteiger partial charge in [-0.1, -0.05) is 6.92 Å². The molecule has 0 bridgehead atoms. The normalized spacial score (nSPS) is 13.0. The lowest BCUT2D eigenvalue weighted by molar-refractivity contribution is -0.884. The van der Waals surface area contributed by atoms with Gasteiger partial charge in [-0.25, -0.2) is 0 Å². The molecule has 3 nitrogen and oxygen atoms in total. The maximum atomic E-state index is 2.43. The van der Waals surface area contributed by atoms with Gasteiger partial charge in [0.2, 0.25) is 0 Å². The highest BCUT2D eigenvalue weighted by Crippen LogP contribution is 2.22. The largest absolute Gasteiger partial charge is 0.327 e. The van der Waals surface area contributed by atoms with Crippen LogP contribution in [-0.4, -0.2) is 69.7 Å². The summed E-state index contributed by atoms with van der Waals surface area (Å²) in [6, 6.07) is 4.85. The Morgan fingerprint density at radius 3 is 1.82 bits per heavy atom. The summed E-state index contributed by atoms with van der Waals surface area (Å²) >= 11 is 0. The third-order valence-electron chi connectivity index (χ3n) is 3.96. The molecule has 1 rings (SSSR count). The van der Waals surface area contributed by atoms with Crippen LogP contribution in [-0.2, 0) is 19.6 Å². The van der Waals surface area contributed by atoms with Crippen LogP contribution in [0.15, 0.2) is 12.1 Å². The van der Waals surface area contributed by atoms with Crippen molar-refractivity contribution >= 4 is 0 Å². The van der Waals surface area contributed by atoms with E-state index in [1.54, 1.807) is 0 Å². The van der Waals surface area contributed by atoms with E-state index in [9.17, 15) is 0 Å². The number of benzene rings is 1. The number of hydrogen-bond donors (Lipinski definition) is 0. The highest BCUT2D eigenvalue weighted by atomic mass is 15.3. The van der Waals surface area contributed by atoms with Gasteiger partial charge in [0.15, 0.2) is 0 Å². The molecule has 0 atom stereocenters. The summed E-state index contributed by atoms with van der Waals surface area (Å²) in [7, 11) is 15.8. The number of quaternary nitrogens is 2. The Kier molecular flexibility index (Phi) is 6.19. The van der Waals surface area contributed by atoms with Crippen molar-refractivity contribution < 1.29 is 8.97 Å². The number of nitrogens with zero attached hydrogens (tertiary/aromatic N) is 3. The third-order valence-corrected chi connectivity index (χ3v) is 3.96. The van der Waals surface area contributed by atoms with Crippen molar-refractivity contribution in [2.24, 2.45) is 0 Å². The molecule has 0 aliphatic carbocycles. The van der Waals surface area contributed by atoms with Crippen molar-refractivity contribution in [2.45, 2.75) is 33.5 Å². The van der Waals surface area contributed by atoms with Crippen LogP contribution in [0, 0.1) is 6.92 Å². The van der Waals surface area contributed by atoms with E-state index < -0.39 is 0 Å². The third kappa shape index (κ3) is 6.47. The molecular formula is C19H37N3+2. The van der Waals surface area contributed by atoms with Crippen LogP contribution in [0.25, 0.3) is 0 Å². The van der Waals surface area contributed by atoms with Crippen LogP contribution < -0.4 is 0 Å². The maximum absolute atomic E-state index is 2.43. The minimum absolute atomic E-state index is 0.968. The maximum Gasteiger partial charge on any atom is 0.104 e. The SMILES string of the molecule is CCN(C)Cc1cc(C[N+](C)(C)C)cc(C[N+](C)(C)C)c1C. The zero-order valence-corrected chi connectivity index (χ0v) is 16.3. The molecule has 3 heteroatoms. The van der Waals surface area contributed by atoms with E-state index in [-0.39, 0.29) is 0 Å². The van der Waals surface area contributed by atoms with Crippen LogP contribution >= 0.6 is 0 Å². The fraction of sp³-hybridized carbons (Fsp3) is 0.684. The Morgan fingerprint density at radius 1 is 0.864 bits per heavy atom. The van der Waals surface area contributed by atoms with Crippen LogP contribution in [0.3, 0.4) is 0 Å². The Bertz CT molecular complexity index is 493. The van der Waals surface area contributed by atoms with Crippen LogP contribution in [0.4, 0.5) is 0 Å². The van der Waals surface area contributed by atoms with E-state index in [0.29, 0.717) is 0 Å². The quantitative estimate of drug-likeness (QED) is 0.700. The molecule has 0 aliphatic heterocycles. The van der Waals surface area contributed by atoms with Crippen LogP contribution in [0.5, 0.6) is 0 Å². The number of rotatable bonds is 7. The molecule has 0 aliphatic rings. The molecule has 0 amide bonds. The van der Waals surface area contributed by atoms with Gasteiger partial charge in [-0.2, -0.15) is 0 Å². The molecule has 0 heterocycles. The molecular weight excluding hydrogens is 270 g/mol. The number of hydrogen-bond acceptors (Lipinski definition) is 1. The van der Waals surface area contributed by atoms with Gasteiger partial charge in [0.25, 0.3) is 0 Å². The van der Waals surface area contributed by atoms with E-state index in [4.69, 9.17) is 0 Å². The van der Waals surface area contributed by atoms with Gasteiger partial charge in [-0.05, 0) is 43.8 Å². The topological polar surface area (TPSA) is 3.24 Å². The second-order valence-corrected chi connectivity index (χ2v) is 8.77. The Labute approximate surface area is 138 Å². The van der Waals surface area contributed by atoms with E-state index in [0.717, 1.165) is 35.1 Å². The monoisotopic (exact) mass is 307 g/mol. The molecule has 0 radical (unpaired) electrons. The predicted octanol–water partition coefficient (Wildman–Crippen LogP) is 2.86. The highest BCUT2D eigenvalue weighted by Gasteiger charge is 2.17. The van der Waals surface area contributed by atoms with Crippen molar-refractivity contribution in [1.29, 1.82) is 0 Å². The smallest absolute Gasteiger partial charge is 0.104 e. The summed E-state index contributed by atoms with van der Waals surface area (Å²) in [5.74, 6) is 0. The van der Waals surface area contributed by atoms with E-state index >= 15 is 0 Å². The van der Waals surface area contributed by atoms with Gasteiger partial charge in [0.05, 0.1) is 42.3 Å². The first kappa shape index (κ1) is 19.1. The first-order valence-corrected chi connectivity index (χ1v) is 8.32. The fourth-order valence-corrected chi connectivity index (χ4v) is 2.79. The first-order chi connectivity index (χ1) is 9.91. The van der Waals surface area contributed by atoms with Crippen LogP contribution in [0.1, 0.15) is 29.2 Å². The van der Waals surface area contributed by atoms with Gasteiger partial charge in [0.1, 0.15) is 13.1 Å². The summed E-state index contributed by atoms with van der Waals surface area (Å²) in [4.78, 5) is 2.38. The molecule has 0 saturated heterocycles. The summed E-state index contributed by atoms with van der Waals surface area (Å²) < 4.78 is 1.94. The van der Waals surface area contributed by atoms with E-state index in [1.807, 2.05) is 0 Å². The second kappa shape index (κ2) is 7.12. The lowest BCUT2D eigenvalue weighted by Gasteiger charge is -2.28. The molecule has 0 N–H and O–H groups in total. The van der Waals surface area contributed by atoms with Gasteiger partial charge < -0.3 is 13.9 Å². The molecule has 0 fully saturated rings. The fourth-order valence-electron chi connectivity index (χ4n) is 2.79. The second-order valence-electron chi connectivity index (χ2n) is 8.77. The first-order valence-electron chi connectivity index (χ1n) is 8.32. The molecule has 0 aromatic heterocycles. The van der Waals surface area contributed by atoms with Gasteiger partial charge in [0, 0.05) is 17.7 Å². The zero-order valence-electron chi connectivity index (χ0n) is 16.3. The molecule has 0 saturated carbocycles. The van der Waals surface area contributed by atoms with Crippen molar-refractivity contribution in [1.82, 2.24) is 4.90 Å². The average Bonchev–Trinajstić information content (AvgIpc) is 2.30. The molecule has 0 spiro atoms. The zero-order chi connectivity index (χ0) is 17.1. The highest BCUT2D eigenvalue weighted by molar-refractivity contribution is 5.38. The van der Waals surface area contributed by atoms with Crippen molar-refractivity contribution in [2.75, 3.05) is 55.9 Å². The Balaban J connectivity index is 3.24. The minimum atomic E-state index is 0.968. The lowest BCUT2D eigenvalue weighted by atomic mass is 9.97. The standard InChI is InChI=1S/C19H37N3/c1-10-20(3)13-18-11-17(14-21(4,5)6)12-19(16(18)2)15-22(7,8)9/h11-12H,10,13-15H2,1-9H3/q+2. The lowest BCUT2D eigenvalue weighted by Crippen LogP contribution is -2.35. The minimum Gasteiger partial charge on any atom is -0.327 e. The Hall–Kier alpha value is -0.900. The van der Waals surface area contributed by atoms with E-state index in [2.05, 4.69) is 80.2 Å². The average molecular weight is 308 g/mol. The molecule has 126 valence electrons. The van der Waals surface area contributed by atoms with Crippen LogP contribution in [0.2, 0.25) is 0 Å². The molecule has 1 aromatic rings. The molecule has 22 heavy (non-hydrogen) atoms. The molecule has 0 unspecified atom stereocenters. The van der Waals surface area contributed by atoms with Crippen molar-refractivity contribution in [3.63, 3.8) is 0 Å². The van der Waals surface area contributed by atoms with Gasteiger partial charge in [-0.3, -0.25) is 0 Å².